The van der Waals surface area contributed by atoms with Crippen LogP contribution in [0.25, 0.3) is 0 Å². The molecule has 0 bridgehead atoms. The zero-order chi connectivity index (χ0) is 13.8. The third-order valence-electron chi connectivity index (χ3n) is 2.45. The van der Waals surface area contributed by atoms with Crippen LogP contribution < -0.4 is 4.74 Å². The Labute approximate surface area is 108 Å². The maximum absolute atomic E-state index is 13.1. The van der Waals surface area contributed by atoms with Crippen molar-refractivity contribution in [3.8, 4) is 11.5 Å². The lowest BCUT2D eigenvalue weighted by atomic mass is 10.2. The van der Waals surface area contributed by atoms with E-state index in [1.165, 1.54) is 12.1 Å². The number of phenolic OH excluding ortho intramolecular Hbond substituents is 1. The number of benzene rings is 2. The number of hydrogen-bond donors (Lipinski definition) is 1. The maximum Gasteiger partial charge on any atom is 0.311 e. The molecule has 0 spiro atoms. The Morgan fingerprint density at radius 2 is 1.89 bits per heavy atom. The standard InChI is InChI=1S/C13H10FNO4/c14-10-3-6-12(15(17)18)13(7-10)19-8-9-1-4-11(16)5-2-9/h1-7,16H,8H2. The van der Waals surface area contributed by atoms with E-state index in [1.807, 2.05) is 0 Å². The predicted molar refractivity (Wildman–Crippen MR) is 65.5 cm³/mol. The van der Waals surface area contributed by atoms with Gasteiger partial charge in [0.25, 0.3) is 0 Å². The molecule has 0 atom stereocenters. The molecule has 0 aliphatic heterocycles. The summed E-state index contributed by atoms with van der Waals surface area (Å²) in [4.78, 5) is 10.1. The van der Waals surface area contributed by atoms with Crippen LogP contribution in [0, 0.1) is 15.9 Å². The Bertz CT molecular complexity index is 598. The SMILES string of the molecule is O=[N+]([O-])c1ccc(F)cc1OCc1ccc(O)cc1. The second kappa shape index (κ2) is 5.34. The fraction of sp³-hybridized carbons (Fsp3) is 0.0769. The van der Waals surface area contributed by atoms with Crippen molar-refractivity contribution in [3.63, 3.8) is 0 Å². The summed E-state index contributed by atoms with van der Waals surface area (Å²) in [6, 6.07) is 9.20. The van der Waals surface area contributed by atoms with Gasteiger partial charge in [-0.3, -0.25) is 10.1 Å². The highest BCUT2D eigenvalue weighted by Crippen LogP contribution is 2.28. The fourth-order valence-corrected chi connectivity index (χ4v) is 1.51. The molecular formula is C13H10FNO4. The van der Waals surface area contributed by atoms with Gasteiger partial charge in [-0.1, -0.05) is 12.1 Å². The molecule has 0 aliphatic rings. The Kier molecular flexibility index (Phi) is 3.61. The summed E-state index contributed by atoms with van der Waals surface area (Å²) in [7, 11) is 0. The highest BCUT2D eigenvalue weighted by Gasteiger charge is 2.15. The molecule has 0 aliphatic carbocycles. The first-order valence-electron chi connectivity index (χ1n) is 5.41. The molecule has 0 amide bonds. The van der Waals surface area contributed by atoms with E-state index in [0.717, 1.165) is 18.2 Å². The highest BCUT2D eigenvalue weighted by molar-refractivity contribution is 5.46. The molecule has 2 rings (SSSR count). The van der Waals surface area contributed by atoms with E-state index < -0.39 is 10.7 Å². The van der Waals surface area contributed by atoms with E-state index in [-0.39, 0.29) is 23.8 Å². The fourth-order valence-electron chi connectivity index (χ4n) is 1.51. The number of nitro groups is 1. The molecular weight excluding hydrogens is 253 g/mol. The number of nitro benzene ring substituents is 1. The van der Waals surface area contributed by atoms with Crippen molar-refractivity contribution in [2.45, 2.75) is 6.61 Å². The quantitative estimate of drug-likeness (QED) is 0.679. The van der Waals surface area contributed by atoms with E-state index in [9.17, 15) is 14.5 Å². The molecule has 0 unspecified atom stereocenters. The van der Waals surface area contributed by atoms with Gasteiger partial charge in [0.2, 0.25) is 0 Å². The van der Waals surface area contributed by atoms with Crippen LogP contribution in [0.1, 0.15) is 5.56 Å². The van der Waals surface area contributed by atoms with Crippen LogP contribution in [-0.2, 0) is 6.61 Å². The summed E-state index contributed by atoms with van der Waals surface area (Å²) in [5.41, 5.74) is 0.413. The van der Waals surface area contributed by atoms with Crippen LogP contribution in [0.5, 0.6) is 11.5 Å². The minimum atomic E-state index is -0.633. The lowest BCUT2D eigenvalue weighted by molar-refractivity contribution is -0.386. The minimum absolute atomic E-state index is 0.0462. The van der Waals surface area contributed by atoms with Crippen molar-refractivity contribution in [3.05, 3.63) is 64.0 Å². The highest BCUT2D eigenvalue weighted by atomic mass is 19.1. The molecule has 0 saturated carbocycles. The zero-order valence-corrected chi connectivity index (χ0v) is 9.75. The van der Waals surface area contributed by atoms with E-state index in [2.05, 4.69) is 0 Å². The molecule has 0 heterocycles. The summed E-state index contributed by atoms with van der Waals surface area (Å²) in [5, 5.41) is 19.9. The molecule has 2 aromatic carbocycles. The lowest BCUT2D eigenvalue weighted by Crippen LogP contribution is -1.99. The number of aromatic hydroxyl groups is 1. The predicted octanol–water partition coefficient (Wildman–Crippen LogP) is 3.02. The van der Waals surface area contributed by atoms with Crippen LogP contribution in [-0.4, -0.2) is 10.0 Å². The van der Waals surface area contributed by atoms with Gasteiger partial charge < -0.3 is 9.84 Å². The zero-order valence-electron chi connectivity index (χ0n) is 9.75. The van der Waals surface area contributed by atoms with Gasteiger partial charge >= 0.3 is 5.69 Å². The van der Waals surface area contributed by atoms with Crippen LogP contribution in [0.3, 0.4) is 0 Å². The topological polar surface area (TPSA) is 72.6 Å². The number of rotatable bonds is 4. The van der Waals surface area contributed by atoms with E-state index in [4.69, 9.17) is 9.84 Å². The lowest BCUT2D eigenvalue weighted by Gasteiger charge is -2.07. The van der Waals surface area contributed by atoms with Crippen molar-refractivity contribution >= 4 is 5.69 Å². The van der Waals surface area contributed by atoms with Crippen LogP contribution in [0.2, 0.25) is 0 Å². The van der Waals surface area contributed by atoms with Crippen molar-refractivity contribution in [2.75, 3.05) is 0 Å². The molecule has 0 aromatic heterocycles. The average Bonchev–Trinajstić information content (AvgIpc) is 2.38. The van der Waals surface area contributed by atoms with Crippen LogP contribution >= 0.6 is 0 Å². The first-order valence-corrected chi connectivity index (χ1v) is 5.41. The Hall–Kier alpha value is -2.63. The van der Waals surface area contributed by atoms with Gasteiger partial charge in [-0.25, -0.2) is 4.39 Å². The van der Waals surface area contributed by atoms with Crippen molar-refractivity contribution in [1.82, 2.24) is 0 Å². The molecule has 0 saturated heterocycles. The number of phenols is 1. The minimum Gasteiger partial charge on any atom is -0.508 e. The van der Waals surface area contributed by atoms with Gasteiger partial charge in [0.05, 0.1) is 4.92 Å². The molecule has 1 N–H and O–H groups in total. The van der Waals surface area contributed by atoms with E-state index >= 15 is 0 Å². The number of halogens is 1. The molecule has 2 aromatic rings. The second-order valence-corrected chi connectivity index (χ2v) is 3.82. The molecule has 98 valence electrons. The first kappa shape index (κ1) is 12.8. The summed E-state index contributed by atoms with van der Waals surface area (Å²) in [6.45, 7) is 0.0462. The number of hydrogen-bond acceptors (Lipinski definition) is 4. The maximum atomic E-state index is 13.1. The Morgan fingerprint density at radius 1 is 1.21 bits per heavy atom. The van der Waals surface area contributed by atoms with Gasteiger partial charge in [-0.15, -0.1) is 0 Å². The number of nitrogens with zero attached hydrogens (tertiary/aromatic N) is 1. The van der Waals surface area contributed by atoms with Crippen molar-refractivity contribution in [2.24, 2.45) is 0 Å². The molecule has 0 fully saturated rings. The molecule has 0 radical (unpaired) electrons. The number of ether oxygens (including phenoxy) is 1. The second-order valence-electron chi connectivity index (χ2n) is 3.82. The Morgan fingerprint density at radius 3 is 2.53 bits per heavy atom. The molecule has 6 heteroatoms. The van der Waals surface area contributed by atoms with E-state index in [1.54, 1.807) is 12.1 Å². The summed E-state index contributed by atoms with van der Waals surface area (Å²) < 4.78 is 18.3. The Balaban J connectivity index is 2.16. The van der Waals surface area contributed by atoms with Gasteiger partial charge in [0, 0.05) is 12.1 Å². The largest absolute Gasteiger partial charge is 0.508 e. The van der Waals surface area contributed by atoms with Crippen molar-refractivity contribution < 1.29 is 19.2 Å². The first-order chi connectivity index (χ1) is 9.06. The van der Waals surface area contributed by atoms with E-state index in [0.29, 0.717) is 5.56 Å². The van der Waals surface area contributed by atoms with Crippen LogP contribution in [0.15, 0.2) is 42.5 Å². The van der Waals surface area contributed by atoms with Gasteiger partial charge in [0.1, 0.15) is 18.2 Å². The summed E-state index contributed by atoms with van der Waals surface area (Å²) in [6.07, 6.45) is 0. The smallest absolute Gasteiger partial charge is 0.311 e. The average molecular weight is 263 g/mol. The van der Waals surface area contributed by atoms with Gasteiger partial charge in [0.15, 0.2) is 5.75 Å². The van der Waals surface area contributed by atoms with Gasteiger partial charge in [-0.05, 0) is 23.8 Å². The summed E-state index contributed by atoms with van der Waals surface area (Å²) in [5.74, 6) is -0.620. The third kappa shape index (κ3) is 3.19. The normalized spacial score (nSPS) is 10.2. The van der Waals surface area contributed by atoms with Gasteiger partial charge in [-0.2, -0.15) is 0 Å². The molecule has 19 heavy (non-hydrogen) atoms. The summed E-state index contributed by atoms with van der Waals surface area (Å²) >= 11 is 0. The monoisotopic (exact) mass is 263 g/mol. The van der Waals surface area contributed by atoms with Crippen molar-refractivity contribution in [1.29, 1.82) is 0 Å². The van der Waals surface area contributed by atoms with Crippen LogP contribution in [0.4, 0.5) is 10.1 Å². The molecule has 5 nitrogen and oxygen atoms in total. The third-order valence-corrected chi connectivity index (χ3v) is 2.45.